The largest absolute Gasteiger partial charge is 0.331 e. The van der Waals surface area contributed by atoms with Crippen LogP contribution in [0.1, 0.15) is 18.5 Å². The summed E-state index contributed by atoms with van der Waals surface area (Å²) < 4.78 is 13.0. The predicted octanol–water partition coefficient (Wildman–Crippen LogP) is 3.10. The molecule has 0 unspecified atom stereocenters. The zero-order chi connectivity index (χ0) is 13.7. The molecule has 4 nitrogen and oxygen atoms in total. The fraction of sp³-hybridized carbons (Fsp3) is 0.143. The minimum Gasteiger partial charge on any atom is -0.331 e. The molecule has 0 aliphatic carbocycles. The molecule has 0 radical (unpaired) electrons. The summed E-state index contributed by atoms with van der Waals surface area (Å²) in [5.41, 5.74) is 1.31. The first-order valence-corrected chi connectivity index (χ1v) is 5.88. The van der Waals surface area contributed by atoms with Gasteiger partial charge in [-0.25, -0.2) is 9.18 Å². The van der Waals surface area contributed by atoms with Gasteiger partial charge in [-0.15, -0.1) is 0 Å². The summed E-state index contributed by atoms with van der Waals surface area (Å²) in [5.74, 6) is -0.391. The van der Waals surface area contributed by atoms with Crippen molar-refractivity contribution in [3.05, 3.63) is 60.2 Å². The Labute approximate surface area is 110 Å². The zero-order valence-electron chi connectivity index (χ0n) is 10.4. The van der Waals surface area contributed by atoms with E-state index in [-0.39, 0.29) is 12.1 Å². The van der Waals surface area contributed by atoms with E-state index >= 15 is 0 Å². The first-order chi connectivity index (χ1) is 9.15. The zero-order valence-corrected chi connectivity index (χ0v) is 10.4. The second-order valence-corrected chi connectivity index (χ2v) is 4.12. The smallest absolute Gasteiger partial charge is 0.319 e. The topological polar surface area (TPSA) is 54.0 Å². The van der Waals surface area contributed by atoms with Crippen LogP contribution < -0.4 is 10.6 Å². The molecule has 0 spiro atoms. The van der Waals surface area contributed by atoms with Crippen molar-refractivity contribution >= 4 is 11.7 Å². The average Bonchev–Trinajstić information content (AvgIpc) is 2.39. The molecule has 98 valence electrons. The van der Waals surface area contributed by atoms with Crippen LogP contribution >= 0.6 is 0 Å². The highest BCUT2D eigenvalue weighted by Gasteiger charge is 2.09. The molecule has 1 aromatic heterocycles. The van der Waals surface area contributed by atoms with Gasteiger partial charge in [0.05, 0.1) is 6.04 Å². The number of nitrogens with zero attached hydrogens (tertiary/aromatic N) is 1. The summed E-state index contributed by atoms with van der Waals surface area (Å²) in [6.07, 6.45) is 3.36. The lowest BCUT2D eigenvalue weighted by atomic mass is 10.1. The van der Waals surface area contributed by atoms with Crippen molar-refractivity contribution in [2.45, 2.75) is 13.0 Å². The number of carbonyl (C=O) groups is 1. The van der Waals surface area contributed by atoms with Crippen molar-refractivity contribution in [3.8, 4) is 0 Å². The van der Waals surface area contributed by atoms with Gasteiger partial charge in [0.15, 0.2) is 0 Å². The summed E-state index contributed by atoms with van der Waals surface area (Å²) in [7, 11) is 0. The molecule has 0 saturated carbocycles. The number of carbonyl (C=O) groups excluding carboxylic acids is 1. The molecular formula is C14H14FN3O. The van der Waals surface area contributed by atoms with Gasteiger partial charge in [0.1, 0.15) is 5.82 Å². The van der Waals surface area contributed by atoms with E-state index in [1.807, 2.05) is 13.0 Å². The first-order valence-electron chi connectivity index (χ1n) is 5.88. The molecule has 0 bridgehead atoms. The maximum Gasteiger partial charge on any atom is 0.319 e. The molecule has 19 heavy (non-hydrogen) atoms. The summed E-state index contributed by atoms with van der Waals surface area (Å²) in [4.78, 5) is 15.7. The van der Waals surface area contributed by atoms with Gasteiger partial charge < -0.3 is 10.6 Å². The van der Waals surface area contributed by atoms with Crippen molar-refractivity contribution < 1.29 is 9.18 Å². The van der Waals surface area contributed by atoms with Crippen LogP contribution in [-0.2, 0) is 0 Å². The third-order valence-corrected chi connectivity index (χ3v) is 2.61. The minimum atomic E-state index is -0.391. The minimum absolute atomic E-state index is 0.178. The van der Waals surface area contributed by atoms with Crippen LogP contribution in [-0.4, -0.2) is 11.0 Å². The molecule has 2 N–H and O–H groups in total. The number of rotatable bonds is 3. The number of anilines is 1. The highest BCUT2D eigenvalue weighted by Crippen LogP contribution is 2.12. The van der Waals surface area contributed by atoms with Gasteiger partial charge in [0, 0.05) is 18.1 Å². The standard InChI is InChI=1S/C14H14FN3O/c1-10(11-4-3-7-16-9-11)17-14(19)18-13-6-2-5-12(15)8-13/h2-10H,1H3,(H2,17,18,19)/t10-/m1/s1. The molecule has 5 heteroatoms. The Morgan fingerprint density at radius 3 is 2.84 bits per heavy atom. The molecule has 1 aromatic carbocycles. The molecule has 0 fully saturated rings. The van der Waals surface area contributed by atoms with E-state index in [0.29, 0.717) is 5.69 Å². The Bertz CT molecular complexity index is 560. The van der Waals surface area contributed by atoms with Gasteiger partial charge in [-0.2, -0.15) is 0 Å². The summed E-state index contributed by atoms with van der Waals surface area (Å²) in [6.45, 7) is 1.85. The fourth-order valence-electron chi connectivity index (χ4n) is 1.65. The fourth-order valence-corrected chi connectivity index (χ4v) is 1.65. The normalized spacial score (nSPS) is 11.7. The Morgan fingerprint density at radius 2 is 2.16 bits per heavy atom. The second-order valence-electron chi connectivity index (χ2n) is 4.12. The molecule has 0 aliphatic heterocycles. The maximum absolute atomic E-state index is 13.0. The Hall–Kier alpha value is -2.43. The van der Waals surface area contributed by atoms with E-state index in [0.717, 1.165) is 5.56 Å². The maximum atomic E-state index is 13.0. The molecule has 0 saturated heterocycles. The third-order valence-electron chi connectivity index (χ3n) is 2.61. The van der Waals surface area contributed by atoms with Crippen LogP contribution in [0.5, 0.6) is 0 Å². The van der Waals surface area contributed by atoms with E-state index in [2.05, 4.69) is 15.6 Å². The number of halogens is 1. The molecule has 1 atom stereocenters. The number of pyridine rings is 1. The number of hydrogen-bond donors (Lipinski definition) is 2. The average molecular weight is 259 g/mol. The Morgan fingerprint density at radius 1 is 1.32 bits per heavy atom. The molecule has 1 heterocycles. The van der Waals surface area contributed by atoms with Crippen molar-refractivity contribution in [1.29, 1.82) is 0 Å². The van der Waals surface area contributed by atoms with Gasteiger partial charge in [-0.05, 0) is 36.8 Å². The quantitative estimate of drug-likeness (QED) is 0.889. The number of aromatic nitrogens is 1. The molecule has 2 aromatic rings. The van der Waals surface area contributed by atoms with E-state index in [1.54, 1.807) is 24.5 Å². The van der Waals surface area contributed by atoms with Crippen molar-refractivity contribution in [2.75, 3.05) is 5.32 Å². The Balaban J connectivity index is 1.95. The highest BCUT2D eigenvalue weighted by atomic mass is 19.1. The van der Waals surface area contributed by atoms with Gasteiger partial charge in [-0.3, -0.25) is 4.98 Å². The second kappa shape index (κ2) is 5.95. The van der Waals surface area contributed by atoms with E-state index in [9.17, 15) is 9.18 Å². The predicted molar refractivity (Wildman–Crippen MR) is 71.2 cm³/mol. The number of amides is 2. The SMILES string of the molecule is C[C@@H](NC(=O)Nc1cccc(F)c1)c1cccnc1. The molecule has 2 rings (SSSR count). The van der Waals surface area contributed by atoms with Crippen molar-refractivity contribution in [2.24, 2.45) is 0 Å². The van der Waals surface area contributed by atoms with Gasteiger partial charge >= 0.3 is 6.03 Å². The van der Waals surface area contributed by atoms with Crippen LogP contribution in [0.3, 0.4) is 0 Å². The third kappa shape index (κ3) is 3.77. The van der Waals surface area contributed by atoms with Gasteiger partial charge in [0.25, 0.3) is 0 Å². The molecular weight excluding hydrogens is 245 g/mol. The van der Waals surface area contributed by atoms with Gasteiger partial charge in [-0.1, -0.05) is 12.1 Å². The summed E-state index contributed by atoms with van der Waals surface area (Å²) >= 11 is 0. The summed E-state index contributed by atoms with van der Waals surface area (Å²) in [6, 6.07) is 8.85. The lowest BCUT2D eigenvalue weighted by Crippen LogP contribution is -2.31. The van der Waals surface area contributed by atoms with Crippen molar-refractivity contribution in [1.82, 2.24) is 10.3 Å². The van der Waals surface area contributed by atoms with Gasteiger partial charge in [0.2, 0.25) is 0 Å². The van der Waals surface area contributed by atoms with E-state index in [4.69, 9.17) is 0 Å². The lowest BCUT2D eigenvalue weighted by molar-refractivity contribution is 0.249. The number of urea groups is 1. The van der Waals surface area contributed by atoms with Crippen LogP contribution in [0, 0.1) is 5.82 Å². The molecule has 2 amide bonds. The van der Waals surface area contributed by atoms with Crippen LogP contribution in [0.2, 0.25) is 0 Å². The van der Waals surface area contributed by atoms with Crippen LogP contribution in [0.15, 0.2) is 48.8 Å². The number of benzene rings is 1. The van der Waals surface area contributed by atoms with E-state index in [1.165, 1.54) is 18.2 Å². The van der Waals surface area contributed by atoms with Crippen LogP contribution in [0.4, 0.5) is 14.9 Å². The number of nitrogens with one attached hydrogen (secondary N) is 2. The van der Waals surface area contributed by atoms with Crippen molar-refractivity contribution in [3.63, 3.8) is 0 Å². The monoisotopic (exact) mass is 259 g/mol. The van der Waals surface area contributed by atoms with E-state index < -0.39 is 5.82 Å². The highest BCUT2D eigenvalue weighted by molar-refractivity contribution is 5.89. The first kappa shape index (κ1) is 13.0. The Kier molecular flexibility index (Phi) is 4.07. The lowest BCUT2D eigenvalue weighted by Gasteiger charge is -2.14. The van der Waals surface area contributed by atoms with Crippen LogP contribution in [0.25, 0.3) is 0 Å². The summed E-state index contributed by atoms with van der Waals surface area (Å²) in [5, 5.41) is 5.32. The molecule has 0 aliphatic rings. The number of hydrogen-bond acceptors (Lipinski definition) is 2.